The highest BCUT2D eigenvalue weighted by molar-refractivity contribution is 6.18. The first-order valence-electron chi connectivity index (χ1n) is 2.86. The Morgan fingerprint density at radius 1 is 1.67 bits per heavy atom. The number of alkyl halides is 1. The van der Waals surface area contributed by atoms with Gasteiger partial charge in [0.25, 0.3) is 0 Å². The van der Waals surface area contributed by atoms with E-state index in [2.05, 4.69) is 10.3 Å². The van der Waals surface area contributed by atoms with Gasteiger partial charge in [0.2, 0.25) is 0 Å². The Kier molecular flexibility index (Phi) is 2.46. The molecule has 0 amide bonds. The van der Waals surface area contributed by atoms with Crippen LogP contribution in [0.2, 0.25) is 0 Å². The molecule has 0 spiro atoms. The van der Waals surface area contributed by atoms with Crippen molar-refractivity contribution in [1.29, 1.82) is 0 Å². The topological polar surface area (TPSA) is 27.8 Å². The highest BCUT2D eigenvalue weighted by Crippen LogP contribution is 1.99. The van der Waals surface area contributed by atoms with Crippen LogP contribution in [-0.4, -0.2) is 17.4 Å². The second-order valence-corrected chi connectivity index (χ2v) is 2.08. The largest absolute Gasteiger partial charge is 0.370 e. The summed E-state index contributed by atoms with van der Waals surface area (Å²) in [5, 5.41) is 3.09. The van der Waals surface area contributed by atoms with E-state index in [0.29, 0.717) is 5.88 Å². The Labute approximate surface area is 59.2 Å². The molecule has 0 aliphatic carbocycles. The van der Waals surface area contributed by atoms with Crippen LogP contribution in [0.1, 0.15) is 0 Å². The fourth-order valence-electron chi connectivity index (χ4n) is 0.622. The van der Waals surface area contributed by atoms with Crippen LogP contribution < -0.4 is 5.32 Å². The second kappa shape index (κ2) is 3.41. The van der Waals surface area contributed by atoms with E-state index in [1.54, 1.807) is 0 Å². The molecule has 0 saturated carbocycles. The van der Waals surface area contributed by atoms with Crippen LogP contribution in [-0.2, 0) is 0 Å². The molecule has 0 atom stereocenters. The number of H-pyrrole nitrogens is 1. The lowest BCUT2D eigenvalue weighted by atomic mass is 10.6. The molecule has 0 aliphatic heterocycles. The molecule has 1 aromatic rings. The number of aromatic amines is 1. The predicted octanol–water partition coefficient (Wildman–Crippen LogP) is 1.67. The molecule has 0 saturated heterocycles. The predicted molar refractivity (Wildman–Crippen MR) is 40.0 cm³/mol. The Morgan fingerprint density at radius 3 is 3.11 bits per heavy atom. The van der Waals surface area contributed by atoms with Crippen molar-refractivity contribution >= 4 is 17.4 Å². The van der Waals surface area contributed by atoms with Crippen LogP contribution in [0.3, 0.4) is 0 Å². The SMILES string of the molecule is ClCCNc1ccc[nH]1. The molecule has 0 unspecified atom stereocenters. The quantitative estimate of drug-likeness (QED) is 0.621. The first-order chi connectivity index (χ1) is 4.43. The molecule has 0 fully saturated rings. The smallest absolute Gasteiger partial charge is 0.103 e. The zero-order valence-electron chi connectivity index (χ0n) is 5.02. The van der Waals surface area contributed by atoms with E-state index in [-0.39, 0.29) is 0 Å². The maximum atomic E-state index is 5.44. The van der Waals surface area contributed by atoms with Crippen molar-refractivity contribution in [2.45, 2.75) is 0 Å². The summed E-state index contributed by atoms with van der Waals surface area (Å²) in [4.78, 5) is 3.00. The standard InChI is InChI=1S/C6H9ClN2/c7-3-5-9-6-2-1-4-8-6/h1-2,4,8-9H,3,5H2. The summed E-state index contributed by atoms with van der Waals surface area (Å²) in [5.41, 5.74) is 0. The molecule has 1 heterocycles. The van der Waals surface area contributed by atoms with Gasteiger partial charge in [-0.2, -0.15) is 0 Å². The third-order valence-corrected chi connectivity index (χ3v) is 1.20. The molecular formula is C6H9ClN2. The van der Waals surface area contributed by atoms with E-state index in [0.717, 1.165) is 12.4 Å². The van der Waals surface area contributed by atoms with Gasteiger partial charge >= 0.3 is 0 Å². The average Bonchev–Trinajstić information content (AvgIpc) is 2.34. The third-order valence-electron chi connectivity index (χ3n) is 1.01. The van der Waals surface area contributed by atoms with Crippen LogP contribution >= 0.6 is 11.6 Å². The lowest BCUT2D eigenvalue weighted by Crippen LogP contribution is -2.01. The number of hydrogen-bond acceptors (Lipinski definition) is 1. The van der Waals surface area contributed by atoms with E-state index >= 15 is 0 Å². The number of nitrogens with one attached hydrogen (secondary N) is 2. The fourth-order valence-corrected chi connectivity index (χ4v) is 0.717. The molecule has 1 aromatic heterocycles. The first kappa shape index (κ1) is 6.49. The van der Waals surface area contributed by atoms with Gasteiger partial charge in [-0.3, -0.25) is 0 Å². The van der Waals surface area contributed by atoms with Crippen molar-refractivity contribution in [3.8, 4) is 0 Å². The molecule has 9 heavy (non-hydrogen) atoms. The fraction of sp³-hybridized carbons (Fsp3) is 0.333. The normalized spacial score (nSPS) is 9.44. The van der Waals surface area contributed by atoms with Crippen molar-refractivity contribution < 1.29 is 0 Å². The van der Waals surface area contributed by atoms with Crippen molar-refractivity contribution in [2.75, 3.05) is 17.7 Å². The summed E-state index contributed by atoms with van der Waals surface area (Å²) in [7, 11) is 0. The molecule has 0 radical (unpaired) electrons. The monoisotopic (exact) mass is 144 g/mol. The molecule has 0 aliphatic rings. The summed E-state index contributed by atoms with van der Waals surface area (Å²) in [6.07, 6.45) is 1.87. The first-order valence-corrected chi connectivity index (χ1v) is 3.40. The lowest BCUT2D eigenvalue weighted by Gasteiger charge is -1.97. The van der Waals surface area contributed by atoms with E-state index in [1.165, 1.54) is 0 Å². The zero-order valence-corrected chi connectivity index (χ0v) is 5.78. The van der Waals surface area contributed by atoms with E-state index < -0.39 is 0 Å². The Hall–Kier alpha value is -0.630. The lowest BCUT2D eigenvalue weighted by molar-refractivity contribution is 1.19. The zero-order chi connectivity index (χ0) is 6.53. The van der Waals surface area contributed by atoms with Gasteiger partial charge in [-0.25, -0.2) is 0 Å². The highest BCUT2D eigenvalue weighted by atomic mass is 35.5. The minimum Gasteiger partial charge on any atom is -0.370 e. The van der Waals surface area contributed by atoms with Gasteiger partial charge in [0, 0.05) is 18.6 Å². The van der Waals surface area contributed by atoms with E-state index in [1.807, 2.05) is 18.3 Å². The molecule has 3 heteroatoms. The Morgan fingerprint density at radius 2 is 2.56 bits per heavy atom. The minimum atomic E-state index is 0.638. The van der Waals surface area contributed by atoms with Crippen LogP contribution in [0, 0.1) is 0 Å². The van der Waals surface area contributed by atoms with Crippen LogP contribution in [0.5, 0.6) is 0 Å². The molecule has 0 bridgehead atoms. The average molecular weight is 145 g/mol. The van der Waals surface area contributed by atoms with Crippen LogP contribution in [0.4, 0.5) is 5.82 Å². The molecular weight excluding hydrogens is 136 g/mol. The molecule has 2 N–H and O–H groups in total. The molecule has 50 valence electrons. The van der Waals surface area contributed by atoms with Gasteiger partial charge in [0.15, 0.2) is 0 Å². The molecule has 1 rings (SSSR count). The number of aromatic nitrogens is 1. The van der Waals surface area contributed by atoms with E-state index in [9.17, 15) is 0 Å². The van der Waals surface area contributed by atoms with Gasteiger partial charge in [0.05, 0.1) is 0 Å². The van der Waals surface area contributed by atoms with Crippen molar-refractivity contribution in [3.05, 3.63) is 18.3 Å². The Bertz CT molecular complexity index is 148. The van der Waals surface area contributed by atoms with E-state index in [4.69, 9.17) is 11.6 Å². The molecule has 2 nitrogen and oxygen atoms in total. The summed E-state index contributed by atoms with van der Waals surface area (Å²) in [6, 6.07) is 3.91. The third kappa shape index (κ3) is 1.98. The number of anilines is 1. The van der Waals surface area contributed by atoms with Crippen LogP contribution in [0.15, 0.2) is 18.3 Å². The summed E-state index contributed by atoms with van der Waals surface area (Å²) in [5.74, 6) is 1.66. The second-order valence-electron chi connectivity index (χ2n) is 1.70. The summed E-state index contributed by atoms with van der Waals surface area (Å²) >= 11 is 5.44. The molecule has 0 aromatic carbocycles. The summed E-state index contributed by atoms with van der Waals surface area (Å²) in [6.45, 7) is 0.808. The number of halogens is 1. The minimum absolute atomic E-state index is 0.638. The Balaban J connectivity index is 2.30. The van der Waals surface area contributed by atoms with Gasteiger partial charge in [0.1, 0.15) is 5.82 Å². The van der Waals surface area contributed by atoms with Gasteiger partial charge in [-0.15, -0.1) is 11.6 Å². The van der Waals surface area contributed by atoms with Crippen molar-refractivity contribution in [2.24, 2.45) is 0 Å². The van der Waals surface area contributed by atoms with Gasteiger partial charge in [-0.05, 0) is 12.1 Å². The summed E-state index contributed by atoms with van der Waals surface area (Å²) < 4.78 is 0. The highest BCUT2D eigenvalue weighted by Gasteiger charge is 1.86. The number of hydrogen-bond donors (Lipinski definition) is 2. The van der Waals surface area contributed by atoms with Gasteiger partial charge < -0.3 is 10.3 Å². The van der Waals surface area contributed by atoms with Crippen LogP contribution in [0.25, 0.3) is 0 Å². The van der Waals surface area contributed by atoms with Crippen molar-refractivity contribution in [3.63, 3.8) is 0 Å². The van der Waals surface area contributed by atoms with Gasteiger partial charge in [-0.1, -0.05) is 0 Å². The van der Waals surface area contributed by atoms with Crippen molar-refractivity contribution in [1.82, 2.24) is 4.98 Å². The maximum absolute atomic E-state index is 5.44. The number of rotatable bonds is 3. The maximum Gasteiger partial charge on any atom is 0.103 e.